The zero-order valence-corrected chi connectivity index (χ0v) is 14.1. The summed E-state index contributed by atoms with van der Waals surface area (Å²) in [6.45, 7) is 0. The van der Waals surface area contributed by atoms with Crippen LogP contribution in [-0.4, -0.2) is 16.6 Å². The van der Waals surface area contributed by atoms with Crippen molar-refractivity contribution in [2.75, 3.05) is 0 Å². The van der Waals surface area contributed by atoms with Crippen LogP contribution in [0.5, 0.6) is 0 Å². The summed E-state index contributed by atoms with van der Waals surface area (Å²) in [5, 5.41) is 0. The molecule has 0 spiro atoms. The van der Waals surface area contributed by atoms with Crippen molar-refractivity contribution in [1.82, 2.24) is 4.98 Å². The lowest BCUT2D eigenvalue weighted by Crippen LogP contribution is -2.05. The van der Waals surface area contributed by atoms with Gasteiger partial charge >= 0.3 is 0 Å². The number of aromatic nitrogens is 1. The molecule has 3 nitrogen and oxygen atoms in total. The molecule has 0 N–H and O–H groups in total. The van der Waals surface area contributed by atoms with Crippen LogP contribution in [0.15, 0.2) is 91.0 Å². The molecule has 0 aliphatic rings. The average molecular weight is 339 g/mol. The van der Waals surface area contributed by atoms with Gasteiger partial charge in [0.05, 0.1) is 0 Å². The van der Waals surface area contributed by atoms with Crippen molar-refractivity contribution in [1.29, 1.82) is 0 Å². The quantitative estimate of drug-likeness (QED) is 0.475. The molecule has 0 atom stereocenters. The van der Waals surface area contributed by atoms with Gasteiger partial charge in [0.1, 0.15) is 11.4 Å². The predicted molar refractivity (Wildman–Crippen MR) is 104 cm³/mol. The second-order valence-corrected chi connectivity index (χ2v) is 5.62. The molecule has 0 saturated carbocycles. The molecule has 0 unspecified atom stereocenters. The molecule has 126 valence electrons. The number of ketones is 2. The third-order valence-electron chi connectivity index (χ3n) is 3.71. The van der Waals surface area contributed by atoms with E-state index < -0.39 is 0 Å². The highest BCUT2D eigenvalue weighted by Gasteiger charge is 2.08. The highest BCUT2D eigenvalue weighted by molar-refractivity contribution is 6.08. The van der Waals surface area contributed by atoms with Gasteiger partial charge < -0.3 is 0 Å². The molecule has 26 heavy (non-hydrogen) atoms. The van der Waals surface area contributed by atoms with Crippen LogP contribution >= 0.6 is 0 Å². The van der Waals surface area contributed by atoms with Crippen molar-refractivity contribution in [2.24, 2.45) is 0 Å². The Kier molecular flexibility index (Phi) is 5.63. The first-order chi connectivity index (χ1) is 12.7. The van der Waals surface area contributed by atoms with E-state index >= 15 is 0 Å². The number of hydrogen-bond donors (Lipinski definition) is 0. The van der Waals surface area contributed by atoms with E-state index in [2.05, 4.69) is 4.98 Å². The molecule has 3 aromatic rings. The summed E-state index contributed by atoms with van der Waals surface area (Å²) in [4.78, 5) is 28.8. The third-order valence-corrected chi connectivity index (χ3v) is 3.71. The molecule has 0 saturated heterocycles. The van der Waals surface area contributed by atoms with E-state index in [-0.39, 0.29) is 23.0 Å². The van der Waals surface area contributed by atoms with E-state index in [0.29, 0.717) is 0 Å². The van der Waals surface area contributed by atoms with Crippen LogP contribution in [0.25, 0.3) is 12.2 Å². The molecule has 3 heteroatoms. The zero-order chi connectivity index (χ0) is 18.2. The molecule has 0 bridgehead atoms. The van der Waals surface area contributed by atoms with Crippen molar-refractivity contribution >= 4 is 23.7 Å². The minimum absolute atomic E-state index is 0.240. The van der Waals surface area contributed by atoms with Crippen LogP contribution in [0.3, 0.4) is 0 Å². The van der Waals surface area contributed by atoms with E-state index in [1.165, 1.54) is 12.2 Å². The first-order valence-electron chi connectivity index (χ1n) is 8.24. The lowest BCUT2D eigenvalue weighted by molar-refractivity contribution is 0.104. The van der Waals surface area contributed by atoms with Gasteiger partial charge in [0.25, 0.3) is 0 Å². The molecular weight excluding hydrogens is 322 g/mol. The number of carbonyl (C=O) groups is 2. The second-order valence-electron chi connectivity index (χ2n) is 5.62. The Hall–Kier alpha value is -3.59. The van der Waals surface area contributed by atoms with E-state index in [4.69, 9.17) is 0 Å². The Morgan fingerprint density at radius 2 is 1.00 bits per heavy atom. The highest BCUT2D eigenvalue weighted by atomic mass is 16.1. The van der Waals surface area contributed by atoms with Crippen LogP contribution in [0.2, 0.25) is 0 Å². The summed E-state index contributed by atoms with van der Waals surface area (Å²) in [6.07, 6.45) is 6.39. The Morgan fingerprint density at radius 3 is 1.42 bits per heavy atom. The van der Waals surface area contributed by atoms with Crippen LogP contribution in [0.4, 0.5) is 0 Å². The summed E-state index contributed by atoms with van der Waals surface area (Å²) in [7, 11) is 0. The van der Waals surface area contributed by atoms with Crippen LogP contribution < -0.4 is 0 Å². The van der Waals surface area contributed by atoms with Crippen molar-refractivity contribution in [3.05, 3.63) is 114 Å². The van der Waals surface area contributed by atoms with E-state index in [0.717, 1.165) is 11.1 Å². The van der Waals surface area contributed by atoms with Gasteiger partial charge in [-0.15, -0.1) is 0 Å². The Bertz CT molecular complexity index is 881. The summed E-state index contributed by atoms with van der Waals surface area (Å²) in [6, 6.07) is 24.0. The second kappa shape index (κ2) is 8.49. The van der Waals surface area contributed by atoms with E-state index in [1.807, 2.05) is 60.7 Å². The van der Waals surface area contributed by atoms with Crippen LogP contribution in [0.1, 0.15) is 32.1 Å². The van der Waals surface area contributed by atoms with Gasteiger partial charge in [-0.2, -0.15) is 0 Å². The van der Waals surface area contributed by atoms with Crippen molar-refractivity contribution in [2.45, 2.75) is 0 Å². The van der Waals surface area contributed by atoms with Crippen molar-refractivity contribution in [3.8, 4) is 0 Å². The molecule has 0 aliphatic carbocycles. The lowest BCUT2D eigenvalue weighted by atomic mass is 10.1. The molecule has 0 amide bonds. The van der Waals surface area contributed by atoms with Gasteiger partial charge in [-0.1, -0.05) is 78.9 Å². The van der Waals surface area contributed by atoms with Gasteiger partial charge in [0, 0.05) is 0 Å². The van der Waals surface area contributed by atoms with E-state index in [1.54, 1.807) is 30.4 Å². The maximum Gasteiger partial charge on any atom is 0.204 e. The summed E-state index contributed by atoms with van der Waals surface area (Å²) in [5.41, 5.74) is 2.35. The topological polar surface area (TPSA) is 47.0 Å². The lowest BCUT2D eigenvalue weighted by Gasteiger charge is -1.99. The number of allylic oxidation sites excluding steroid dienone is 2. The molecule has 3 rings (SSSR count). The fraction of sp³-hybridized carbons (Fsp3) is 0. The minimum Gasteiger partial charge on any atom is -0.288 e. The Labute approximate surface area is 152 Å². The minimum atomic E-state index is -0.240. The number of hydrogen-bond acceptors (Lipinski definition) is 3. The fourth-order valence-electron chi connectivity index (χ4n) is 2.35. The molecule has 0 fully saturated rings. The van der Waals surface area contributed by atoms with Gasteiger partial charge in [-0.25, -0.2) is 4.98 Å². The number of carbonyl (C=O) groups excluding carboxylic acids is 2. The van der Waals surface area contributed by atoms with Gasteiger partial charge in [0.2, 0.25) is 11.6 Å². The third kappa shape index (κ3) is 4.71. The number of benzene rings is 2. The zero-order valence-electron chi connectivity index (χ0n) is 14.1. The number of rotatable bonds is 6. The largest absolute Gasteiger partial charge is 0.288 e. The standard InChI is InChI=1S/C23H17NO2/c25-22(16-14-18-8-3-1-4-9-18)20-12-7-13-21(24-20)23(26)17-15-19-10-5-2-6-11-19/h1-17H/b16-14-,17-15-. The van der Waals surface area contributed by atoms with Gasteiger partial charge in [-0.05, 0) is 35.4 Å². The molecular formula is C23H17NO2. The van der Waals surface area contributed by atoms with Crippen molar-refractivity contribution in [3.63, 3.8) is 0 Å². The predicted octanol–water partition coefficient (Wildman–Crippen LogP) is 4.87. The highest BCUT2D eigenvalue weighted by Crippen LogP contribution is 2.08. The Morgan fingerprint density at radius 1 is 0.577 bits per heavy atom. The van der Waals surface area contributed by atoms with Crippen LogP contribution in [-0.2, 0) is 0 Å². The monoisotopic (exact) mass is 339 g/mol. The molecule has 0 radical (unpaired) electrons. The van der Waals surface area contributed by atoms with Gasteiger partial charge in [-0.3, -0.25) is 9.59 Å². The van der Waals surface area contributed by atoms with E-state index in [9.17, 15) is 9.59 Å². The Balaban J connectivity index is 1.73. The normalized spacial score (nSPS) is 11.1. The maximum atomic E-state index is 12.3. The summed E-state index contributed by atoms with van der Waals surface area (Å²) in [5.74, 6) is -0.480. The maximum absolute atomic E-state index is 12.3. The summed E-state index contributed by atoms with van der Waals surface area (Å²) >= 11 is 0. The molecule has 0 aliphatic heterocycles. The fourth-order valence-corrected chi connectivity index (χ4v) is 2.35. The SMILES string of the molecule is O=C(/C=C\c1ccccc1)c1cccc(C(=O)/C=C\c2ccccc2)n1. The molecule has 1 aromatic heterocycles. The molecule has 1 heterocycles. The summed E-state index contributed by atoms with van der Waals surface area (Å²) < 4.78 is 0. The van der Waals surface area contributed by atoms with Crippen molar-refractivity contribution < 1.29 is 9.59 Å². The van der Waals surface area contributed by atoms with Gasteiger partial charge in [0.15, 0.2) is 0 Å². The first-order valence-corrected chi connectivity index (χ1v) is 8.24. The average Bonchev–Trinajstić information content (AvgIpc) is 2.72. The number of nitrogens with zero attached hydrogens (tertiary/aromatic N) is 1. The van der Waals surface area contributed by atoms with Crippen LogP contribution in [0, 0.1) is 0 Å². The number of pyridine rings is 1. The smallest absolute Gasteiger partial charge is 0.204 e. The molecule has 2 aromatic carbocycles. The first kappa shape index (κ1) is 17.2.